The van der Waals surface area contributed by atoms with Crippen molar-refractivity contribution in [2.75, 3.05) is 0 Å². The van der Waals surface area contributed by atoms with Gasteiger partial charge >= 0.3 is 0 Å². The number of aryl methyl sites for hydroxylation is 2. The predicted octanol–water partition coefficient (Wildman–Crippen LogP) is 8.66. The molecule has 2 aliphatic carbocycles. The highest BCUT2D eigenvalue weighted by Crippen LogP contribution is 2.42. The lowest BCUT2D eigenvalue weighted by Crippen LogP contribution is -2.25. The first-order valence-corrected chi connectivity index (χ1v) is 12.5. The molecule has 0 atom stereocenters. The highest BCUT2D eigenvalue weighted by atomic mass is 19.1. The third-order valence-corrected chi connectivity index (χ3v) is 8.17. The molecule has 162 valence electrons. The van der Waals surface area contributed by atoms with Crippen LogP contribution in [0.4, 0.5) is 4.39 Å². The lowest BCUT2D eigenvalue weighted by molar-refractivity contribution is 0.152. The summed E-state index contributed by atoms with van der Waals surface area (Å²) in [7, 11) is 0. The standard InChI is InChI=1S/C29H39F/c1-3-5-23-11-19-28-27(20-23)18-17-26(29(28)30)16-10-22-8-14-25(15-9-22)24-12-6-21(4-2)7-13-24/h4,11,17-22,24-25H,2-3,5-10,12-16H2,1H3. The molecule has 2 aliphatic rings. The summed E-state index contributed by atoms with van der Waals surface area (Å²) in [5.74, 6) is 3.48. The van der Waals surface area contributed by atoms with Crippen LogP contribution in [0, 0.1) is 29.5 Å². The van der Waals surface area contributed by atoms with Gasteiger partial charge in [-0.2, -0.15) is 0 Å². The number of hydrogen-bond donors (Lipinski definition) is 0. The summed E-state index contributed by atoms with van der Waals surface area (Å²) in [6.45, 7) is 6.17. The molecule has 0 bridgehead atoms. The Morgan fingerprint density at radius 1 is 0.900 bits per heavy atom. The maximum Gasteiger partial charge on any atom is 0.134 e. The zero-order chi connectivity index (χ0) is 20.9. The maximum absolute atomic E-state index is 15.1. The summed E-state index contributed by atoms with van der Waals surface area (Å²) in [5, 5.41) is 1.85. The molecule has 30 heavy (non-hydrogen) atoms. The fourth-order valence-corrected chi connectivity index (χ4v) is 6.18. The van der Waals surface area contributed by atoms with Crippen molar-refractivity contribution in [1.29, 1.82) is 0 Å². The smallest absolute Gasteiger partial charge is 0.134 e. The Balaban J connectivity index is 1.29. The van der Waals surface area contributed by atoms with E-state index in [9.17, 15) is 0 Å². The van der Waals surface area contributed by atoms with Crippen molar-refractivity contribution in [3.05, 3.63) is 59.9 Å². The van der Waals surface area contributed by atoms with Gasteiger partial charge in [-0.25, -0.2) is 4.39 Å². The largest absolute Gasteiger partial charge is 0.206 e. The zero-order valence-electron chi connectivity index (χ0n) is 18.8. The highest BCUT2D eigenvalue weighted by Gasteiger charge is 2.30. The molecule has 0 nitrogen and oxygen atoms in total. The summed E-state index contributed by atoms with van der Waals surface area (Å²) in [4.78, 5) is 0. The quantitative estimate of drug-likeness (QED) is 0.403. The average molecular weight is 407 g/mol. The van der Waals surface area contributed by atoms with Crippen LogP contribution in [-0.2, 0) is 12.8 Å². The van der Waals surface area contributed by atoms with Gasteiger partial charge in [0.2, 0.25) is 0 Å². The minimum Gasteiger partial charge on any atom is -0.206 e. The Hall–Kier alpha value is -1.63. The molecule has 0 unspecified atom stereocenters. The Bertz CT molecular complexity index is 835. The van der Waals surface area contributed by atoms with E-state index in [1.807, 2.05) is 12.1 Å². The first-order valence-electron chi connectivity index (χ1n) is 12.5. The molecule has 0 saturated heterocycles. The third-order valence-electron chi connectivity index (χ3n) is 8.17. The number of benzene rings is 2. The van der Waals surface area contributed by atoms with Crippen LogP contribution in [0.1, 0.15) is 82.3 Å². The Kier molecular flexibility index (Phi) is 7.28. The summed E-state index contributed by atoms with van der Waals surface area (Å²) >= 11 is 0. The van der Waals surface area contributed by atoms with E-state index in [-0.39, 0.29) is 5.82 Å². The van der Waals surface area contributed by atoms with Crippen molar-refractivity contribution in [3.8, 4) is 0 Å². The monoisotopic (exact) mass is 406 g/mol. The van der Waals surface area contributed by atoms with Gasteiger partial charge < -0.3 is 0 Å². The molecule has 2 aromatic rings. The highest BCUT2D eigenvalue weighted by molar-refractivity contribution is 5.84. The average Bonchev–Trinajstić information content (AvgIpc) is 2.79. The number of allylic oxidation sites excluding steroid dienone is 1. The van der Waals surface area contributed by atoms with Crippen LogP contribution in [-0.4, -0.2) is 0 Å². The molecule has 0 aromatic heterocycles. The normalized spacial score (nSPS) is 27.3. The van der Waals surface area contributed by atoms with Crippen LogP contribution in [0.2, 0.25) is 0 Å². The van der Waals surface area contributed by atoms with Crippen LogP contribution in [0.5, 0.6) is 0 Å². The van der Waals surface area contributed by atoms with Crippen molar-refractivity contribution in [2.24, 2.45) is 23.7 Å². The lowest BCUT2D eigenvalue weighted by Gasteiger charge is -2.37. The van der Waals surface area contributed by atoms with E-state index < -0.39 is 0 Å². The molecular weight excluding hydrogens is 367 g/mol. The van der Waals surface area contributed by atoms with Gasteiger partial charge in [-0.05, 0) is 98.0 Å². The van der Waals surface area contributed by atoms with Gasteiger partial charge in [0.05, 0.1) is 0 Å². The summed E-state index contributed by atoms with van der Waals surface area (Å²) in [5.41, 5.74) is 2.22. The van der Waals surface area contributed by atoms with Gasteiger partial charge in [0.25, 0.3) is 0 Å². The maximum atomic E-state index is 15.1. The second-order valence-electron chi connectivity index (χ2n) is 10.1. The second-order valence-corrected chi connectivity index (χ2v) is 10.1. The third kappa shape index (κ3) is 4.98. The van der Waals surface area contributed by atoms with Gasteiger partial charge in [0, 0.05) is 5.39 Å². The minimum absolute atomic E-state index is 0.0169. The molecular formula is C29H39F. The second kappa shape index (κ2) is 10.1. The molecule has 4 rings (SSSR count). The fraction of sp³-hybridized carbons (Fsp3) is 0.586. The summed E-state index contributed by atoms with van der Waals surface area (Å²) in [6, 6.07) is 10.4. The number of rotatable bonds is 7. The van der Waals surface area contributed by atoms with Gasteiger partial charge in [-0.3, -0.25) is 0 Å². The van der Waals surface area contributed by atoms with Crippen LogP contribution in [0.15, 0.2) is 43.0 Å². The fourth-order valence-electron chi connectivity index (χ4n) is 6.18. The zero-order valence-corrected chi connectivity index (χ0v) is 18.8. The molecule has 0 heterocycles. The molecule has 2 fully saturated rings. The lowest BCUT2D eigenvalue weighted by atomic mass is 9.68. The SMILES string of the molecule is C=CC1CCC(C2CCC(CCc3ccc4cc(CCC)ccc4c3F)CC2)CC1. The van der Waals surface area contributed by atoms with E-state index in [1.165, 1.54) is 56.9 Å². The molecule has 0 spiro atoms. The van der Waals surface area contributed by atoms with Crippen LogP contribution >= 0.6 is 0 Å². The molecule has 0 radical (unpaired) electrons. The van der Waals surface area contributed by atoms with E-state index in [0.717, 1.165) is 65.7 Å². The minimum atomic E-state index is 0.0169. The van der Waals surface area contributed by atoms with Crippen molar-refractivity contribution in [1.82, 2.24) is 0 Å². The van der Waals surface area contributed by atoms with Gasteiger partial charge in [0.15, 0.2) is 0 Å². The van der Waals surface area contributed by atoms with Gasteiger partial charge in [-0.1, -0.05) is 62.6 Å². The van der Waals surface area contributed by atoms with Crippen molar-refractivity contribution in [2.45, 2.75) is 84.0 Å². The van der Waals surface area contributed by atoms with Gasteiger partial charge in [-0.15, -0.1) is 6.58 Å². The first kappa shape index (κ1) is 21.6. The summed E-state index contributed by atoms with van der Waals surface area (Å²) < 4.78 is 15.1. The summed E-state index contributed by atoms with van der Waals surface area (Å²) in [6.07, 6.45) is 17.4. The molecule has 2 saturated carbocycles. The van der Waals surface area contributed by atoms with Crippen molar-refractivity contribution in [3.63, 3.8) is 0 Å². The molecule has 2 aromatic carbocycles. The van der Waals surface area contributed by atoms with E-state index in [4.69, 9.17) is 0 Å². The van der Waals surface area contributed by atoms with E-state index in [0.29, 0.717) is 0 Å². The van der Waals surface area contributed by atoms with Crippen LogP contribution in [0.3, 0.4) is 0 Å². The topological polar surface area (TPSA) is 0 Å². The Morgan fingerprint density at radius 3 is 2.27 bits per heavy atom. The van der Waals surface area contributed by atoms with Crippen molar-refractivity contribution >= 4 is 10.8 Å². The Labute approximate surface area is 183 Å². The molecule has 0 aliphatic heterocycles. The number of halogens is 1. The molecule has 1 heteroatoms. The molecule has 0 amide bonds. The van der Waals surface area contributed by atoms with Crippen molar-refractivity contribution < 1.29 is 4.39 Å². The Morgan fingerprint density at radius 2 is 1.60 bits per heavy atom. The van der Waals surface area contributed by atoms with Gasteiger partial charge in [0.1, 0.15) is 5.82 Å². The predicted molar refractivity (Wildman–Crippen MR) is 127 cm³/mol. The van der Waals surface area contributed by atoms with Crippen LogP contribution < -0.4 is 0 Å². The number of fused-ring (bicyclic) bond motifs is 1. The molecule has 0 N–H and O–H groups in total. The number of hydrogen-bond acceptors (Lipinski definition) is 0. The van der Waals surface area contributed by atoms with E-state index in [2.05, 4.69) is 37.8 Å². The van der Waals surface area contributed by atoms with E-state index >= 15 is 4.39 Å². The first-order chi connectivity index (χ1) is 14.7. The van der Waals surface area contributed by atoms with Crippen LogP contribution in [0.25, 0.3) is 10.8 Å². The van der Waals surface area contributed by atoms with E-state index in [1.54, 1.807) is 0 Å².